The summed E-state index contributed by atoms with van der Waals surface area (Å²) in [5.41, 5.74) is -0.627. The molecule has 0 spiro atoms. The molecule has 0 bridgehead atoms. The van der Waals surface area contributed by atoms with Gasteiger partial charge in [-0.25, -0.2) is 4.79 Å². The minimum absolute atomic E-state index is 0.0395. The van der Waals surface area contributed by atoms with Crippen molar-refractivity contribution < 1.29 is 14.4 Å². The third-order valence-electron chi connectivity index (χ3n) is 8.66. The van der Waals surface area contributed by atoms with Crippen molar-refractivity contribution in [1.29, 1.82) is 0 Å². The standard InChI is InChI=1S/C33H66N4O3/c1-9-11-12-13-14-15-16-17-18-19-20-21-22-23-24-34-31(40)35-26-29(36-28(4)38)30(39)37-33(7,8)32(5,6)25-27(3)10-2/h27,29H,9-26H2,1-8H3,(H,36,38)(H,37,39)(H2,34,35,40). The minimum Gasteiger partial charge on any atom is -0.349 e. The van der Waals surface area contributed by atoms with Crippen LogP contribution < -0.4 is 21.3 Å². The van der Waals surface area contributed by atoms with Gasteiger partial charge < -0.3 is 21.3 Å². The van der Waals surface area contributed by atoms with Crippen LogP contribution in [0.15, 0.2) is 0 Å². The lowest BCUT2D eigenvalue weighted by atomic mass is 9.69. The van der Waals surface area contributed by atoms with Crippen molar-refractivity contribution in [2.75, 3.05) is 13.1 Å². The zero-order chi connectivity index (χ0) is 30.4. The fourth-order valence-corrected chi connectivity index (χ4v) is 5.07. The molecular weight excluding hydrogens is 500 g/mol. The zero-order valence-corrected chi connectivity index (χ0v) is 27.6. The normalized spacial score (nSPS) is 13.4. The van der Waals surface area contributed by atoms with Crippen LogP contribution in [0.25, 0.3) is 0 Å². The Hall–Kier alpha value is -1.79. The third kappa shape index (κ3) is 18.5. The Labute approximate surface area is 247 Å². The van der Waals surface area contributed by atoms with E-state index in [1.807, 2.05) is 13.8 Å². The Morgan fingerprint density at radius 2 is 1.18 bits per heavy atom. The van der Waals surface area contributed by atoms with Crippen molar-refractivity contribution >= 4 is 17.8 Å². The predicted octanol–water partition coefficient (Wildman–Crippen LogP) is 7.63. The largest absolute Gasteiger partial charge is 0.349 e. The second kappa shape index (κ2) is 21.9. The number of carbonyl (C=O) groups excluding carboxylic acids is 3. The van der Waals surface area contributed by atoms with Crippen molar-refractivity contribution in [2.24, 2.45) is 11.3 Å². The van der Waals surface area contributed by atoms with Gasteiger partial charge in [0.15, 0.2) is 0 Å². The molecule has 236 valence electrons. The van der Waals surface area contributed by atoms with Crippen molar-refractivity contribution in [3.05, 3.63) is 0 Å². The van der Waals surface area contributed by atoms with Gasteiger partial charge in [-0.1, -0.05) is 125 Å². The summed E-state index contributed by atoms with van der Waals surface area (Å²) in [5, 5.41) is 11.5. The predicted molar refractivity (Wildman–Crippen MR) is 169 cm³/mol. The molecule has 0 heterocycles. The third-order valence-corrected chi connectivity index (χ3v) is 8.66. The second-order valence-corrected chi connectivity index (χ2v) is 13.2. The van der Waals surface area contributed by atoms with E-state index in [1.165, 1.54) is 84.0 Å². The maximum absolute atomic E-state index is 13.1. The number of nitrogens with one attached hydrogen (secondary N) is 4. The molecule has 2 unspecified atom stereocenters. The lowest BCUT2D eigenvalue weighted by Crippen LogP contribution is -2.61. The molecule has 4 amide bonds. The van der Waals surface area contributed by atoms with Crippen LogP contribution in [0.4, 0.5) is 4.79 Å². The highest BCUT2D eigenvalue weighted by molar-refractivity contribution is 5.88. The van der Waals surface area contributed by atoms with E-state index in [0.717, 1.165) is 25.7 Å². The van der Waals surface area contributed by atoms with Crippen molar-refractivity contribution in [3.63, 3.8) is 0 Å². The Bertz CT molecular complexity index is 693. The number of urea groups is 1. The van der Waals surface area contributed by atoms with E-state index in [0.29, 0.717) is 12.5 Å². The summed E-state index contributed by atoms with van der Waals surface area (Å²) >= 11 is 0. The molecule has 0 saturated carbocycles. The summed E-state index contributed by atoms with van der Waals surface area (Å²) in [7, 11) is 0. The van der Waals surface area contributed by atoms with E-state index in [-0.39, 0.29) is 29.8 Å². The average Bonchev–Trinajstić information content (AvgIpc) is 2.87. The maximum atomic E-state index is 13.1. The van der Waals surface area contributed by atoms with E-state index in [1.54, 1.807) is 0 Å². The molecule has 0 aliphatic rings. The topological polar surface area (TPSA) is 99.3 Å². The van der Waals surface area contributed by atoms with Gasteiger partial charge in [-0.3, -0.25) is 9.59 Å². The molecule has 0 aromatic rings. The maximum Gasteiger partial charge on any atom is 0.314 e. The molecule has 0 aliphatic carbocycles. The number of unbranched alkanes of at least 4 members (excludes halogenated alkanes) is 13. The molecule has 0 aliphatic heterocycles. The van der Waals surface area contributed by atoms with Crippen molar-refractivity contribution in [1.82, 2.24) is 21.3 Å². The van der Waals surface area contributed by atoms with E-state index < -0.39 is 11.6 Å². The molecule has 4 N–H and O–H groups in total. The molecule has 7 heteroatoms. The lowest BCUT2D eigenvalue weighted by molar-refractivity contribution is -0.130. The highest BCUT2D eigenvalue weighted by atomic mass is 16.2. The minimum atomic E-state index is -0.831. The smallest absolute Gasteiger partial charge is 0.314 e. The van der Waals surface area contributed by atoms with Gasteiger partial charge in [0.1, 0.15) is 6.04 Å². The van der Waals surface area contributed by atoms with Crippen LogP contribution in [0.3, 0.4) is 0 Å². The van der Waals surface area contributed by atoms with Gasteiger partial charge in [0.2, 0.25) is 11.8 Å². The van der Waals surface area contributed by atoms with Gasteiger partial charge in [0, 0.05) is 25.6 Å². The SMILES string of the molecule is CCCCCCCCCCCCCCCCNC(=O)NCC(NC(C)=O)C(=O)NC(C)(C)C(C)(C)CC(C)CC. The first-order valence-corrected chi connectivity index (χ1v) is 16.5. The summed E-state index contributed by atoms with van der Waals surface area (Å²) in [6.45, 7) is 17.1. The van der Waals surface area contributed by atoms with Gasteiger partial charge in [0.05, 0.1) is 0 Å². The van der Waals surface area contributed by atoms with Crippen LogP contribution in [0.5, 0.6) is 0 Å². The number of rotatable bonds is 24. The lowest BCUT2D eigenvalue weighted by Gasteiger charge is -2.44. The van der Waals surface area contributed by atoms with Crippen LogP contribution >= 0.6 is 0 Å². The Morgan fingerprint density at radius 1 is 0.700 bits per heavy atom. The van der Waals surface area contributed by atoms with E-state index in [9.17, 15) is 14.4 Å². The Balaban J connectivity index is 4.20. The highest BCUT2D eigenvalue weighted by Crippen LogP contribution is 2.37. The molecule has 40 heavy (non-hydrogen) atoms. The molecule has 7 nitrogen and oxygen atoms in total. The molecular formula is C33H66N4O3. The first-order chi connectivity index (χ1) is 18.9. The van der Waals surface area contributed by atoms with Gasteiger partial charge in [-0.05, 0) is 38.0 Å². The molecule has 0 rings (SSSR count). The summed E-state index contributed by atoms with van der Waals surface area (Å²) in [4.78, 5) is 37.2. The highest BCUT2D eigenvalue weighted by Gasteiger charge is 2.40. The number of amides is 4. The zero-order valence-electron chi connectivity index (χ0n) is 27.6. The van der Waals surface area contributed by atoms with Crippen molar-refractivity contribution in [2.45, 2.75) is 170 Å². The van der Waals surface area contributed by atoms with Gasteiger partial charge in [-0.15, -0.1) is 0 Å². The van der Waals surface area contributed by atoms with E-state index in [4.69, 9.17) is 0 Å². The molecule has 0 fully saturated rings. The second-order valence-electron chi connectivity index (χ2n) is 13.2. The summed E-state index contributed by atoms with van der Waals surface area (Å²) in [6.07, 6.45) is 20.3. The number of hydrogen-bond donors (Lipinski definition) is 4. The van der Waals surface area contributed by atoms with Crippen LogP contribution in [-0.2, 0) is 9.59 Å². The average molecular weight is 567 g/mol. The van der Waals surface area contributed by atoms with Crippen molar-refractivity contribution in [3.8, 4) is 0 Å². The Kier molecular flexibility index (Phi) is 20.9. The first kappa shape index (κ1) is 38.2. The molecule has 0 aromatic heterocycles. The molecule has 0 saturated heterocycles. The summed E-state index contributed by atoms with van der Waals surface area (Å²) < 4.78 is 0. The number of hydrogen-bond acceptors (Lipinski definition) is 3. The Morgan fingerprint density at radius 3 is 1.62 bits per heavy atom. The van der Waals surface area contributed by atoms with Gasteiger partial charge in [-0.2, -0.15) is 0 Å². The van der Waals surface area contributed by atoms with Crippen LogP contribution in [-0.4, -0.2) is 42.5 Å². The van der Waals surface area contributed by atoms with E-state index in [2.05, 4.69) is 55.9 Å². The molecule has 0 aromatic carbocycles. The number of carbonyl (C=O) groups is 3. The fourth-order valence-electron chi connectivity index (χ4n) is 5.07. The van der Waals surface area contributed by atoms with Crippen LogP contribution in [0.1, 0.15) is 158 Å². The van der Waals surface area contributed by atoms with Crippen LogP contribution in [0, 0.1) is 11.3 Å². The molecule has 2 atom stereocenters. The van der Waals surface area contributed by atoms with Gasteiger partial charge in [0.25, 0.3) is 0 Å². The quantitative estimate of drug-likeness (QED) is 0.0904. The van der Waals surface area contributed by atoms with Crippen LogP contribution in [0.2, 0.25) is 0 Å². The first-order valence-electron chi connectivity index (χ1n) is 16.5. The monoisotopic (exact) mass is 567 g/mol. The van der Waals surface area contributed by atoms with E-state index >= 15 is 0 Å². The molecule has 0 radical (unpaired) electrons. The van der Waals surface area contributed by atoms with Gasteiger partial charge >= 0.3 is 6.03 Å². The summed E-state index contributed by atoms with van der Waals surface area (Å²) in [6, 6.07) is -1.14. The fraction of sp³-hybridized carbons (Fsp3) is 0.909. The summed E-state index contributed by atoms with van der Waals surface area (Å²) in [5.74, 6) is -0.0477.